The van der Waals surface area contributed by atoms with Crippen molar-refractivity contribution in [3.05, 3.63) is 55.8 Å². The van der Waals surface area contributed by atoms with Crippen LogP contribution in [-0.4, -0.2) is 16.7 Å². The van der Waals surface area contributed by atoms with Crippen molar-refractivity contribution in [2.75, 3.05) is 7.11 Å². The normalized spacial score (nSPS) is 10.5. The number of H-pyrrole nitrogens is 1. The molecular formula is C13H13ClN2O3. The number of halogens is 1. The molecule has 100 valence electrons. The Kier molecular flexibility index (Phi) is 3.76. The van der Waals surface area contributed by atoms with Crippen LogP contribution >= 0.6 is 11.6 Å². The van der Waals surface area contributed by atoms with Crippen LogP contribution in [0.2, 0.25) is 5.15 Å². The summed E-state index contributed by atoms with van der Waals surface area (Å²) < 4.78 is 6.13. The molecule has 0 saturated carbocycles. The van der Waals surface area contributed by atoms with Crippen LogP contribution in [-0.2, 0) is 6.42 Å². The van der Waals surface area contributed by atoms with Crippen LogP contribution < -0.4 is 16.0 Å². The molecule has 0 aliphatic heterocycles. The Morgan fingerprint density at radius 2 is 2.11 bits per heavy atom. The maximum atomic E-state index is 12.3. The van der Waals surface area contributed by atoms with Gasteiger partial charge in [-0.05, 0) is 18.6 Å². The summed E-state index contributed by atoms with van der Waals surface area (Å²) in [5, 5.41) is 0.0941. The lowest BCUT2D eigenvalue weighted by atomic mass is 10.2. The topological polar surface area (TPSA) is 64.1 Å². The van der Waals surface area contributed by atoms with Crippen molar-refractivity contribution in [3.8, 4) is 11.4 Å². The SMILES string of the molecule is CCc1c(Cl)[nH]c(=O)n(-c2cccc(OC)c2)c1=O. The molecule has 5 nitrogen and oxygen atoms in total. The number of methoxy groups -OCH3 is 1. The molecule has 6 heteroatoms. The number of benzene rings is 1. The molecule has 0 fully saturated rings. The molecule has 0 unspecified atom stereocenters. The van der Waals surface area contributed by atoms with Crippen molar-refractivity contribution in [2.24, 2.45) is 0 Å². The zero-order valence-corrected chi connectivity index (χ0v) is 11.3. The summed E-state index contributed by atoms with van der Waals surface area (Å²) in [5.74, 6) is 0.566. The highest BCUT2D eigenvalue weighted by Gasteiger charge is 2.12. The summed E-state index contributed by atoms with van der Waals surface area (Å²) in [7, 11) is 1.52. The summed E-state index contributed by atoms with van der Waals surface area (Å²) in [4.78, 5) is 26.6. The van der Waals surface area contributed by atoms with E-state index in [1.165, 1.54) is 7.11 Å². The summed E-state index contributed by atoms with van der Waals surface area (Å²) >= 11 is 5.86. The predicted octanol–water partition coefficient (Wildman–Crippen LogP) is 1.75. The average Bonchev–Trinajstić information content (AvgIpc) is 2.39. The highest BCUT2D eigenvalue weighted by Crippen LogP contribution is 2.15. The second kappa shape index (κ2) is 5.32. The molecule has 0 saturated heterocycles. The lowest BCUT2D eigenvalue weighted by Crippen LogP contribution is -2.36. The first-order valence-corrected chi connectivity index (χ1v) is 6.14. The first kappa shape index (κ1) is 13.4. The molecular weight excluding hydrogens is 268 g/mol. The van der Waals surface area contributed by atoms with Gasteiger partial charge in [-0.2, -0.15) is 0 Å². The molecule has 1 heterocycles. The Morgan fingerprint density at radius 3 is 2.74 bits per heavy atom. The van der Waals surface area contributed by atoms with Crippen molar-refractivity contribution in [1.29, 1.82) is 0 Å². The second-order valence-corrected chi connectivity index (χ2v) is 4.30. The quantitative estimate of drug-likeness (QED) is 0.871. The van der Waals surface area contributed by atoms with E-state index in [0.29, 0.717) is 23.4 Å². The molecule has 1 aromatic carbocycles. The summed E-state index contributed by atoms with van der Waals surface area (Å²) in [6.45, 7) is 1.80. The lowest BCUT2D eigenvalue weighted by molar-refractivity contribution is 0.414. The lowest BCUT2D eigenvalue weighted by Gasteiger charge is -2.09. The molecule has 19 heavy (non-hydrogen) atoms. The van der Waals surface area contributed by atoms with E-state index in [1.807, 2.05) is 0 Å². The Labute approximate surface area is 114 Å². The van der Waals surface area contributed by atoms with Crippen LogP contribution in [0.4, 0.5) is 0 Å². The van der Waals surface area contributed by atoms with Gasteiger partial charge in [0, 0.05) is 6.07 Å². The number of rotatable bonds is 3. The molecule has 2 aromatic rings. The molecule has 0 aliphatic carbocycles. The summed E-state index contributed by atoms with van der Waals surface area (Å²) in [6.07, 6.45) is 0.443. The third-order valence-corrected chi connectivity index (χ3v) is 3.13. The van der Waals surface area contributed by atoms with Crippen molar-refractivity contribution in [3.63, 3.8) is 0 Å². The van der Waals surface area contributed by atoms with Crippen LogP contribution in [0.5, 0.6) is 5.75 Å². The van der Waals surface area contributed by atoms with Crippen LogP contribution in [0, 0.1) is 0 Å². The third kappa shape index (κ3) is 2.42. The fourth-order valence-electron chi connectivity index (χ4n) is 1.84. The van der Waals surface area contributed by atoms with E-state index < -0.39 is 11.2 Å². The van der Waals surface area contributed by atoms with Crippen molar-refractivity contribution >= 4 is 11.6 Å². The Morgan fingerprint density at radius 1 is 1.37 bits per heavy atom. The van der Waals surface area contributed by atoms with Crippen molar-refractivity contribution < 1.29 is 4.74 Å². The number of ether oxygens (including phenoxy) is 1. The van der Waals surface area contributed by atoms with Gasteiger partial charge < -0.3 is 4.74 Å². The van der Waals surface area contributed by atoms with Gasteiger partial charge in [0.05, 0.1) is 18.4 Å². The zero-order chi connectivity index (χ0) is 14.0. The molecule has 0 radical (unpaired) electrons. The minimum absolute atomic E-state index is 0.0941. The van der Waals surface area contributed by atoms with Gasteiger partial charge in [0.25, 0.3) is 5.56 Å². The number of nitrogens with zero attached hydrogens (tertiary/aromatic N) is 1. The minimum atomic E-state index is -0.569. The van der Waals surface area contributed by atoms with E-state index >= 15 is 0 Å². The van der Waals surface area contributed by atoms with Gasteiger partial charge in [0.2, 0.25) is 0 Å². The van der Waals surface area contributed by atoms with E-state index in [9.17, 15) is 9.59 Å². The Hall–Kier alpha value is -2.01. The van der Waals surface area contributed by atoms with Crippen molar-refractivity contribution in [1.82, 2.24) is 9.55 Å². The summed E-state index contributed by atoms with van der Waals surface area (Å²) in [6, 6.07) is 6.72. The van der Waals surface area contributed by atoms with Gasteiger partial charge in [0.15, 0.2) is 0 Å². The van der Waals surface area contributed by atoms with E-state index in [1.54, 1.807) is 31.2 Å². The van der Waals surface area contributed by atoms with E-state index in [-0.39, 0.29) is 5.15 Å². The molecule has 0 aliphatic rings. The van der Waals surface area contributed by atoms with Gasteiger partial charge >= 0.3 is 5.69 Å². The first-order chi connectivity index (χ1) is 9.08. The van der Waals surface area contributed by atoms with Gasteiger partial charge in [-0.25, -0.2) is 9.36 Å². The number of hydrogen-bond donors (Lipinski definition) is 1. The maximum absolute atomic E-state index is 12.3. The second-order valence-electron chi connectivity index (χ2n) is 3.92. The van der Waals surface area contributed by atoms with Crippen LogP contribution in [0.15, 0.2) is 33.9 Å². The van der Waals surface area contributed by atoms with Gasteiger partial charge in [-0.1, -0.05) is 24.6 Å². The number of nitrogens with one attached hydrogen (secondary N) is 1. The molecule has 0 bridgehead atoms. The molecule has 0 amide bonds. The largest absolute Gasteiger partial charge is 0.497 e. The van der Waals surface area contributed by atoms with Crippen LogP contribution in [0.25, 0.3) is 5.69 Å². The maximum Gasteiger partial charge on any atom is 0.334 e. The van der Waals surface area contributed by atoms with Gasteiger partial charge in [0.1, 0.15) is 10.9 Å². The molecule has 0 atom stereocenters. The van der Waals surface area contributed by atoms with E-state index in [0.717, 1.165) is 4.57 Å². The summed E-state index contributed by atoms with van der Waals surface area (Å²) in [5.41, 5.74) is -0.161. The number of hydrogen-bond acceptors (Lipinski definition) is 3. The average molecular weight is 281 g/mol. The molecule has 0 spiro atoms. The highest BCUT2D eigenvalue weighted by molar-refractivity contribution is 6.30. The minimum Gasteiger partial charge on any atom is -0.497 e. The monoisotopic (exact) mass is 280 g/mol. The number of aromatic nitrogens is 2. The third-order valence-electron chi connectivity index (χ3n) is 2.81. The molecule has 2 rings (SSSR count). The van der Waals surface area contributed by atoms with E-state index in [4.69, 9.17) is 16.3 Å². The standard InChI is InChI=1S/C13H13ClN2O3/c1-3-10-11(14)15-13(18)16(12(10)17)8-5-4-6-9(7-8)19-2/h4-7H,3H2,1-2H3,(H,15,18). The van der Waals surface area contributed by atoms with Gasteiger partial charge in [-0.15, -0.1) is 0 Å². The predicted molar refractivity (Wildman–Crippen MR) is 73.6 cm³/mol. The van der Waals surface area contributed by atoms with Crippen LogP contribution in [0.3, 0.4) is 0 Å². The fraction of sp³-hybridized carbons (Fsp3) is 0.231. The Balaban J connectivity index is 2.75. The fourth-order valence-corrected chi connectivity index (χ4v) is 2.13. The molecule has 1 aromatic heterocycles. The Bertz CT molecular complexity index is 719. The smallest absolute Gasteiger partial charge is 0.334 e. The van der Waals surface area contributed by atoms with Gasteiger partial charge in [-0.3, -0.25) is 9.78 Å². The first-order valence-electron chi connectivity index (χ1n) is 5.76. The highest BCUT2D eigenvalue weighted by atomic mass is 35.5. The van der Waals surface area contributed by atoms with Crippen LogP contribution in [0.1, 0.15) is 12.5 Å². The van der Waals surface area contributed by atoms with Crippen molar-refractivity contribution in [2.45, 2.75) is 13.3 Å². The zero-order valence-electron chi connectivity index (χ0n) is 10.6. The number of aromatic amines is 1. The molecule has 1 N–H and O–H groups in total. The van der Waals surface area contributed by atoms with E-state index in [2.05, 4.69) is 4.98 Å².